The quantitative estimate of drug-likeness (QED) is 0.787. The van der Waals surface area contributed by atoms with Gasteiger partial charge in [-0.2, -0.15) is 0 Å². The molecular formula is C12H17NO4. The topological polar surface area (TPSA) is 79.5 Å². The van der Waals surface area contributed by atoms with Gasteiger partial charge in [-0.1, -0.05) is 20.3 Å². The molecule has 0 bridgehead atoms. The molecule has 0 spiro atoms. The second-order valence-corrected chi connectivity index (χ2v) is 4.03. The predicted molar refractivity (Wildman–Crippen MR) is 61.4 cm³/mol. The van der Waals surface area contributed by atoms with E-state index >= 15 is 0 Å². The van der Waals surface area contributed by atoms with Crippen LogP contribution < -0.4 is 5.32 Å². The molecule has 0 fully saturated rings. The molecule has 0 radical (unpaired) electrons. The van der Waals surface area contributed by atoms with Crippen LogP contribution >= 0.6 is 0 Å². The third kappa shape index (κ3) is 3.94. The minimum atomic E-state index is -1.01. The Bertz CT molecular complexity index is 372. The van der Waals surface area contributed by atoms with E-state index in [9.17, 15) is 9.59 Å². The summed E-state index contributed by atoms with van der Waals surface area (Å²) < 4.78 is 5.02. The molecule has 1 heterocycles. The molecule has 0 aliphatic carbocycles. The van der Waals surface area contributed by atoms with Gasteiger partial charge in [0.05, 0.1) is 12.7 Å². The summed E-state index contributed by atoms with van der Waals surface area (Å²) in [6.45, 7) is 3.69. The summed E-state index contributed by atoms with van der Waals surface area (Å²) in [4.78, 5) is 22.6. The van der Waals surface area contributed by atoms with Gasteiger partial charge in [0, 0.05) is 0 Å². The highest BCUT2D eigenvalue weighted by Gasteiger charge is 2.25. The number of hydrogen-bond acceptors (Lipinski definition) is 3. The zero-order valence-corrected chi connectivity index (χ0v) is 9.97. The van der Waals surface area contributed by atoms with Crippen molar-refractivity contribution < 1.29 is 19.1 Å². The van der Waals surface area contributed by atoms with E-state index in [4.69, 9.17) is 9.52 Å². The Morgan fingerprint density at radius 3 is 2.71 bits per heavy atom. The fourth-order valence-electron chi connectivity index (χ4n) is 1.48. The molecular weight excluding hydrogens is 222 g/mol. The Labute approximate surface area is 99.8 Å². The number of hydrogen-bond donors (Lipinski definition) is 2. The second kappa shape index (κ2) is 6.08. The average molecular weight is 239 g/mol. The van der Waals surface area contributed by atoms with Gasteiger partial charge in [0.1, 0.15) is 11.8 Å². The molecule has 1 aromatic rings. The summed E-state index contributed by atoms with van der Waals surface area (Å²) in [5.41, 5.74) is 0. The van der Waals surface area contributed by atoms with Crippen LogP contribution in [0.15, 0.2) is 22.8 Å². The van der Waals surface area contributed by atoms with Crippen LogP contribution in [-0.2, 0) is 16.0 Å². The maximum Gasteiger partial charge on any atom is 0.326 e. The smallest absolute Gasteiger partial charge is 0.326 e. The fourth-order valence-corrected chi connectivity index (χ4v) is 1.48. The highest BCUT2D eigenvalue weighted by molar-refractivity contribution is 5.84. The zero-order chi connectivity index (χ0) is 12.8. The van der Waals surface area contributed by atoms with Crippen LogP contribution in [0.3, 0.4) is 0 Å². The molecule has 0 saturated carbocycles. The van der Waals surface area contributed by atoms with Gasteiger partial charge in [0.25, 0.3) is 0 Å². The van der Waals surface area contributed by atoms with E-state index in [2.05, 4.69) is 5.32 Å². The normalized spacial score (nSPS) is 14.0. The lowest BCUT2D eigenvalue weighted by Crippen LogP contribution is -2.45. The van der Waals surface area contributed by atoms with Crippen LogP contribution in [0.4, 0.5) is 0 Å². The van der Waals surface area contributed by atoms with Gasteiger partial charge in [-0.25, -0.2) is 4.79 Å². The Morgan fingerprint density at radius 2 is 2.24 bits per heavy atom. The molecule has 2 atom stereocenters. The van der Waals surface area contributed by atoms with Crippen molar-refractivity contribution in [2.24, 2.45) is 5.92 Å². The zero-order valence-electron chi connectivity index (χ0n) is 9.97. The summed E-state index contributed by atoms with van der Waals surface area (Å²) in [5, 5.41) is 11.5. The lowest BCUT2D eigenvalue weighted by atomic mass is 9.99. The predicted octanol–water partition coefficient (Wildman–Crippen LogP) is 1.44. The first-order valence-electron chi connectivity index (χ1n) is 5.59. The van der Waals surface area contributed by atoms with Crippen molar-refractivity contribution in [3.05, 3.63) is 24.2 Å². The van der Waals surface area contributed by atoms with Crippen LogP contribution in [0.1, 0.15) is 26.0 Å². The summed E-state index contributed by atoms with van der Waals surface area (Å²) in [5.74, 6) is -0.927. The van der Waals surface area contributed by atoms with E-state index in [0.29, 0.717) is 12.2 Å². The van der Waals surface area contributed by atoms with Gasteiger partial charge < -0.3 is 14.8 Å². The van der Waals surface area contributed by atoms with Gasteiger partial charge in [-0.05, 0) is 18.1 Å². The number of aliphatic carboxylic acids is 1. The molecule has 2 N–H and O–H groups in total. The largest absolute Gasteiger partial charge is 0.480 e. The van der Waals surface area contributed by atoms with Gasteiger partial charge in [0.2, 0.25) is 5.91 Å². The van der Waals surface area contributed by atoms with E-state index in [1.54, 1.807) is 19.1 Å². The standard InChI is InChI=1S/C12H17NO4/c1-3-8(2)11(12(15)16)13-10(14)7-9-5-4-6-17-9/h4-6,8,11H,3,7H2,1-2H3,(H,13,14)(H,15,16)/t8-,11-/m0/s1. The minimum absolute atomic E-state index is 0.0627. The SMILES string of the molecule is CC[C@H](C)[C@H](NC(=O)Cc1ccco1)C(=O)O. The van der Waals surface area contributed by atoms with E-state index < -0.39 is 12.0 Å². The lowest BCUT2D eigenvalue weighted by molar-refractivity contribution is -0.143. The summed E-state index contributed by atoms with van der Waals surface area (Å²) in [6, 6.07) is 2.52. The second-order valence-electron chi connectivity index (χ2n) is 4.03. The van der Waals surface area contributed by atoms with Crippen LogP contribution in [0.25, 0.3) is 0 Å². The van der Waals surface area contributed by atoms with E-state index in [0.717, 1.165) is 0 Å². The maximum atomic E-state index is 11.6. The molecule has 0 aliphatic heterocycles. The van der Waals surface area contributed by atoms with E-state index in [-0.39, 0.29) is 18.2 Å². The van der Waals surface area contributed by atoms with E-state index in [1.165, 1.54) is 6.26 Å². The average Bonchev–Trinajstić information content (AvgIpc) is 2.77. The molecule has 94 valence electrons. The van der Waals surface area contributed by atoms with Crippen molar-refractivity contribution >= 4 is 11.9 Å². The molecule has 5 heteroatoms. The van der Waals surface area contributed by atoms with Crippen LogP contribution in [0, 0.1) is 5.92 Å². The summed E-state index contributed by atoms with van der Waals surface area (Å²) in [7, 11) is 0. The van der Waals surface area contributed by atoms with Crippen molar-refractivity contribution in [3.63, 3.8) is 0 Å². The van der Waals surface area contributed by atoms with Gasteiger partial charge in [0.15, 0.2) is 0 Å². The Hall–Kier alpha value is -1.78. The molecule has 5 nitrogen and oxygen atoms in total. The van der Waals surface area contributed by atoms with E-state index in [1.807, 2.05) is 6.92 Å². The first-order chi connectivity index (χ1) is 8.04. The maximum absolute atomic E-state index is 11.6. The van der Waals surface area contributed by atoms with Crippen molar-refractivity contribution in [1.82, 2.24) is 5.32 Å². The van der Waals surface area contributed by atoms with Gasteiger partial charge >= 0.3 is 5.97 Å². The number of carbonyl (C=O) groups is 2. The fraction of sp³-hybridized carbons (Fsp3) is 0.500. The summed E-state index contributed by atoms with van der Waals surface area (Å²) >= 11 is 0. The number of carboxylic acid groups (broad SMARTS) is 1. The molecule has 0 saturated heterocycles. The van der Waals surface area contributed by atoms with Crippen LogP contribution in [0.2, 0.25) is 0 Å². The molecule has 1 rings (SSSR count). The third-order valence-corrected chi connectivity index (χ3v) is 2.71. The molecule has 1 amide bonds. The number of carboxylic acids is 1. The van der Waals surface area contributed by atoms with Gasteiger partial charge in [-0.15, -0.1) is 0 Å². The van der Waals surface area contributed by atoms with Crippen molar-refractivity contribution in [2.45, 2.75) is 32.7 Å². The van der Waals surface area contributed by atoms with Crippen molar-refractivity contribution in [2.75, 3.05) is 0 Å². The summed E-state index contributed by atoms with van der Waals surface area (Å²) in [6.07, 6.45) is 2.23. The number of carbonyl (C=O) groups excluding carboxylic acids is 1. The Kier molecular flexibility index (Phi) is 4.75. The number of rotatable bonds is 6. The first kappa shape index (κ1) is 13.3. The first-order valence-corrected chi connectivity index (χ1v) is 5.59. The molecule has 0 aliphatic rings. The van der Waals surface area contributed by atoms with Gasteiger partial charge in [-0.3, -0.25) is 4.79 Å². The molecule has 0 aromatic carbocycles. The van der Waals surface area contributed by atoms with Crippen LogP contribution in [0.5, 0.6) is 0 Å². The highest BCUT2D eigenvalue weighted by Crippen LogP contribution is 2.08. The lowest BCUT2D eigenvalue weighted by Gasteiger charge is -2.19. The Morgan fingerprint density at radius 1 is 1.53 bits per heavy atom. The monoisotopic (exact) mass is 239 g/mol. The minimum Gasteiger partial charge on any atom is -0.480 e. The number of furan rings is 1. The third-order valence-electron chi connectivity index (χ3n) is 2.71. The van der Waals surface area contributed by atoms with Crippen LogP contribution in [-0.4, -0.2) is 23.0 Å². The Balaban J connectivity index is 2.55. The molecule has 0 unspecified atom stereocenters. The number of amides is 1. The molecule has 17 heavy (non-hydrogen) atoms. The number of nitrogens with one attached hydrogen (secondary N) is 1. The van der Waals surface area contributed by atoms with Crippen molar-refractivity contribution in [1.29, 1.82) is 0 Å². The molecule has 1 aromatic heterocycles. The highest BCUT2D eigenvalue weighted by atomic mass is 16.4. The van der Waals surface area contributed by atoms with Crippen molar-refractivity contribution in [3.8, 4) is 0 Å².